The molecular formula is C17H14ClN3O2. The van der Waals surface area contributed by atoms with E-state index in [9.17, 15) is 4.79 Å². The van der Waals surface area contributed by atoms with Gasteiger partial charge < -0.3 is 4.74 Å². The quantitative estimate of drug-likeness (QED) is 0.736. The van der Waals surface area contributed by atoms with Crippen LogP contribution >= 0.6 is 11.6 Å². The summed E-state index contributed by atoms with van der Waals surface area (Å²) in [6.45, 7) is 2.05. The highest BCUT2D eigenvalue weighted by atomic mass is 35.5. The maximum absolute atomic E-state index is 11.9. The Morgan fingerprint density at radius 3 is 2.22 bits per heavy atom. The zero-order chi connectivity index (χ0) is 16.2. The van der Waals surface area contributed by atoms with E-state index in [1.165, 1.54) is 0 Å². The minimum Gasteiger partial charge on any atom is -0.461 e. The van der Waals surface area contributed by atoms with Crippen molar-refractivity contribution < 1.29 is 9.53 Å². The summed E-state index contributed by atoms with van der Waals surface area (Å²) in [5, 5.41) is 11.0. The van der Waals surface area contributed by atoms with Crippen molar-refractivity contribution in [3.05, 3.63) is 59.2 Å². The van der Waals surface area contributed by atoms with E-state index in [0.29, 0.717) is 17.3 Å². The lowest BCUT2D eigenvalue weighted by Crippen LogP contribution is -2.06. The summed E-state index contributed by atoms with van der Waals surface area (Å²) in [6, 6.07) is 15.3. The molecule has 0 unspecified atom stereocenters. The van der Waals surface area contributed by atoms with Gasteiger partial charge in [0, 0.05) is 10.6 Å². The fourth-order valence-corrected chi connectivity index (χ4v) is 2.36. The Morgan fingerprint density at radius 2 is 1.61 bits per heavy atom. The molecule has 1 heterocycles. The SMILES string of the molecule is CCOC(=O)c1[nH]nnc1-c1ccc(-c2ccc(Cl)cc2)cc1. The maximum Gasteiger partial charge on any atom is 0.358 e. The van der Waals surface area contributed by atoms with Crippen LogP contribution in [0, 0.1) is 0 Å². The van der Waals surface area contributed by atoms with E-state index in [1.807, 2.05) is 48.5 Å². The van der Waals surface area contributed by atoms with Crippen molar-refractivity contribution in [3.8, 4) is 22.4 Å². The van der Waals surface area contributed by atoms with E-state index < -0.39 is 5.97 Å². The molecule has 0 saturated heterocycles. The van der Waals surface area contributed by atoms with Crippen LogP contribution in [0.1, 0.15) is 17.4 Å². The highest BCUT2D eigenvalue weighted by Crippen LogP contribution is 2.26. The summed E-state index contributed by atoms with van der Waals surface area (Å²) in [5.41, 5.74) is 3.63. The summed E-state index contributed by atoms with van der Waals surface area (Å²) in [6.07, 6.45) is 0. The van der Waals surface area contributed by atoms with E-state index in [4.69, 9.17) is 16.3 Å². The maximum atomic E-state index is 11.9. The average Bonchev–Trinajstić information content (AvgIpc) is 3.06. The number of ether oxygens (including phenoxy) is 1. The van der Waals surface area contributed by atoms with Gasteiger partial charge in [0.25, 0.3) is 0 Å². The monoisotopic (exact) mass is 327 g/mol. The third kappa shape index (κ3) is 3.24. The molecule has 0 aliphatic carbocycles. The van der Waals surface area contributed by atoms with E-state index >= 15 is 0 Å². The van der Waals surface area contributed by atoms with Crippen molar-refractivity contribution in [2.75, 3.05) is 6.61 Å². The molecule has 0 saturated carbocycles. The molecule has 0 fully saturated rings. The standard InChI is InChI=1S/C17H14ClN3O2/c1-2-23-17(22)16-15(19-21-20-16)13-5-3-11(4-6-13)12-7-9-14(18)10-8-12/h3-10H,2H2,1H3,(H,19,20,21). The molecule has 0 amide bonds. The second-order valence-electron chi connectivity index (χ2n) is 4.84. The molecule has 3 rings (SSSR count). The Bertz CT molecular complexity index is 811. The minimum absolute atomic E-state index is 0.256. The van der Waals surface area contributed by atoms with E-state index in [2.05, 4.69) is 15.4 Å². The number of carbonyl (C=O) groups is 1. The molecular weight excluding hydrogens is 314 g/mol. The van der Waals surface area contributed by atoms with Gasteiger partial charge in [-0.3, -0.25) is 5.10 Å². The molecule has 0 bridgehead atoms. The normalized spacial score (nSPS) is 10.5. The number of rotatable bonds is 4. The fraction of sp³-hybridized carbons (Fsp3) is 0.118. The second-order valence-corrected chi connectivity index (χ2v) is 5.28. The Labute approximate surface area is 138 Å². The van der Waals surface area contributed by atoms with Gasteiger partial charge in [0.15, 0.2) is 5.69 Å². The largest absolute Gasteiger partial charge is 0.461 e. The number of carbonyl (C=O) groups excluding carboxylic acids is 1. The lowest BCUT2D eigenvalue weighted by molar-refractivity contribution is 0.0520. The Kier molecular flexibility index (Phi) is 4.39. The first-order chi connectivity index (χ1) is 11.2. The van der Waals surface area contributed by atoms with Gasteiger partial charge in [0.05, 0.1) is 6.61 Å². The van der Waals surface area contributed by atoms with Gasteiger partial charge in [-0.15, -0.1) is 5.10 Å². The van der Waals surface area contributed by atoms with Gasteiger partial charge in [-0.05, 0) is 30.2 Å². The number of nitrogens with one attached hydrogen (secondary N) is 1. The predicted octanol–water partition coefficient (Wildman–Crippen LogP) is 3.97. The number of H-pyrrole nitrogens is 1. The van der Waals surface area contributed by atoms with Gasteiger partial charge in [-0.2, -0.15) is 0 Å². The average molecular weight is 328 g/mol. The van der Waals surface area contributed by atoms with Crippen LogP contribution in [0.25, 0.3) is 22.4 Å². The van der Waals surface area contributed by atoms with E-state index in [1.54, 1.807) is 6.92 Å². The molecule has 5 nitrogen and oxygen atoms in total. The van der Waals surface area contributed by atoms with Gasteiger partial charge in [0.2, 0.25) is 0 Å². The van der Waals surface area contributed by atoms with Crippen LogP contribution in [0.5, 0.6) is 0 Å². The molecule has 0 radical (unpaired) electrons. The van der Waals surface area contributed by atoms with Crippen molar-refractivity contribution in [1.29, 1.82) is 0 Å². The highest BCUT2D eigenvalue weighted by molar-refractivity contribution is 6.30. The first-order valence-electron chi connectivity index (χ1n) is 7.13. The zero-order valence-electron chi connectivity index (χ0n) is 12.4. The van der Waals surface area contributed by atoms with Crippen LogP contribution in [0.3, 0.4) is 0 Å². The number of nitrogens with zero attached hydrogens (tertiary/aromatic N) is 2. The third-order valence-corrected chi connectivity index (χ3v) is 3.62. The van der Waals surface area contributed by atoms with Crippen LogP contribution in [-0.2, 0) is 4.74 Å². The lowest BCUT2D eigenvalue weighted by atomic mass is 10.0. The number of hydrogen-bond donors (Lipinski definition) is 1. The Balaban J connectivity index is 1.90. The van der Waals surface area contributed by atoms with E-state index in [0.717, 1.165) is 16.7 Å². The molecule has 116 valence electrons. The number of aromatic amines is 1. The zero-order valence-corrected chi connectivity index (χ0v) is 13.2. The first-order valence-corrected chi connectivity index (χ1v) is 7.51. The topological polar surface area (TPSA) is 67.9 Å². The summed E-state index contributed by atoms with van der Waals surface area (Å²) in [7, 11) is 0. The van der Waals surface area contributed by atoms with Crippen LogP contribution in [0.4, 0.5) is 0 Å². The van der Waals surface area contributed by atoms with Crippen LogP contribution in [0.2, 0.25) is 5.02 Å². The molecule has 6 heteroatoms. The van der Waals surface area contributed by atoms with Gasteiger partial charge >= 0.3 is 5.97 Å². The van der Waals surface area contributed by atoms with Crippen LogP contribution < -0.4 is 0 Å². The number of aromatic nitrogens is 3. The van der Waals surface area contributed by atoms with Crippen molar-refractivity contribution in [2.45, 2.75) is 6.92 Å². The summed E-state index contributed by atoms with van der Waals surface area (Å²) in [4.78, 5) is 11.9. The minimum atomic E-state index is -0.464. The number of esters is 1. The van der Waals surface area contributed by atoms with Gasteiger partial charge in [0.1, 0.15) is 5.69 Å². The third-order valence-electron chi connectivity index (χ3n) is 3.36. The summed E-state index contributed by atoms with van der Waals surface area (Å²) >= 11 is 5.90. The van der Waals surface area contributed by atoms with Crippen LogP contribution in [0.15, 0.2) is 48.5 Å². The number of hydrogen-bond acceptors (Lipinski definition) is 4. The molecule has 0 aliphatic rings. The second kappa shape index (κ2) is 6.62. The fourth-order valence-electron chi connectivity index (χ4n) is 2.24. The lowest BCUT2D eigenvalue weighted by Gasteiger charge is -2.05. The smallest absolute Gasteiger partial charge is 0.358 e. The predicted molar refractivity (Wildman–Crippen MR) is 88.2 cm³/mol. The number of benzene rings is 2. The van der Waals surface area contributed by atoms with E-state index in [-0.39, 0.29) is 5.69 Å². The van der Waals surface area contributed by atoms with Crippen molar-refractivity contribution in [1.82, 2.24) is 15.4 Å². The molecule has 23 heavy (non-hydrogen) atoms. The van der Waals surface area contributed by atoms with Gasteiger partial charge in [-0.1, -0.05) is 53.2 Å². The summed E-state index contributed by atoms with van der Waals surface area (Å²) in [5.74, 6) is -0.464. The van der Waals surface area contributed by atoms with Crippen molar-refractivity contribution >= 4 is 17.6 Å². The summed E-state index contributed by atoms with van der Waals surface area (Å²) < 4.78 is 4.99. The van der Waals surface area contributed by atoms with Gasteiger partial charge in [-0.25, -0.2) is 4.79 Å². The van der Waals surface area contributed by atoms with Crippen molar-refractivity contribution in [3.63, 3.8) is 0 Å². The van der Waals surface area contributed by atoms with Crippen molar-refractivity contribution in [2.24, 2.45) is 0 Å². The molecule has 0 atom stereocenters. The van der Waals surface area contributed by atoms with Crippen LogP contribution in [-0.4, -0.2) is 28.0 Å². The molecule has 0 spiro atoms. The highest BCUT2D eigenvalue weighted by Gasteiger charge is 2.18. The Morgan fingerprint density at radius 1 is 1.04 bits per heavy atom. The molecule has 0 aliphatic heterocycles. The molecule has 1 N–H and O–H groups in total. The molecule has 2 aromatic carbocycles. The number of halogens is 1. The molecule has 3 aromatic rings. The molecule has 1 aromatic heterocycles. The first kappa shape index (κ1) is 15.2. The Hall–Kier alpha value is -2.66.